The number of rotatable bonds is 5. The van der Waals surface area contributed by atoms with Gasteiger partial charge in [-0.15, -0.1) is 0 Å². The van der Waals surface area contributed by atoms with Crippen molar-refractivity contribution in [3.05, 3.63) is 38.2 Å². The van der Waals surface area contributed by atoms with E-state index in [2.05, 4.69) is 0 Å². The lowest BCUT2D eigenvalue weighted by molar-refractivity contribution is 0.0506. The van der Waals surface area contributed by atoms with Gasteiger partial charge in [-0.3, -0.25) is 9.36 Å². The zero-order chi connectivity index (χ0) is 17.1. The highest BCUT2D eigenvalue weighted by Crippen LogP contribution is 2.33. The zero-order valence-electron chi connectivity index (χ0n) is 12.6. The van der Waals surface area contributed by atoms with E-state index in [1.165, 1.54) is 19.2 Å². The molecule has 1 N–H and O–H groups in total. The second-order valence-electron chi connectivity index (χ2n) is 4.68. The molecular formula is C15H15Cl2NO5. The molecule has 0 unspecified atom stereocenters. The van der Waals surface area contributed by atoms with Crippen LogP contribution in [0.5, 0.6) is 5.75 Å². The molecule has 6 nitrogen and oxygen atoms in total. The summed E-state index contributed by atoms with van der Waals surface area (Å²) in [7, 11) is 1.46. The second kappa shape index (κ2) is 7.21. The molecule has 0 saturated heterocycles. The average molecular weight is 360 g/mol. The lowest BCUT2D eigenvalue weighted by atomic mass is 10.1. The highest BCUT2D eigenvalue weighted by molar-refractivity contribution is 6.42. The zero-order valence-corrected chi connectivity index (χ0v) is 14.1. The molecule has 0 amide bonds. The van der Waals surface area contributed by atoms with E-state index in [0.717, 1.165) is 4.57 Å². The van der Waals surface area contributed by atoms with E-state index in [1.54, 1.807) is 6.92 Å². The van der Waals surface area contributed by atoms with Crippen molar-refractivity contribution in [1.29, 1.82) is 0 Å². The van der Waals surface area contributed by atoms with Crippen LogP contribution in [0.25, 0.3) is 10.8 Å². The van der Waals surface area contributed by atoms with E-state index in [-0.39, 0.29) is 52.0 Å². The number of aromatic hydroxyl groups is 1. The van der Waals surface area contributed by atoms with Gasteiger partial charge in [0.25, 0.3) is 5.56 Å². The van der Waals surface area contributed by atoms with Crippen molar-refractivity contribution in [2.24, 2.45) is 0 Å². The number of halogens is 2. The van der Waals surface area contributed by atoms with Crippen LogP contribution in [0.3, 0.4) is 0 Å². The fourth-order valence-electron chi connectivity index (χ4n) is 2.22. The van der Waals surface area contributed by atoms with Crippen LogP contribution in [0.15, 0.2) is 16.9 Å². The molecule has 1 aromatic carbocycles. The van der Waals surface area contributed by atoms with Crippen molar-refractivity contribution in [2.75, 3.05) is 20.3 Å². The van der Waals surface area contributed by atoms with E-state index < -0.39 is 11.5 Å². The van der Waals surface area contributed by atoms with Crippen molar-refractivity contribution in [2.45, 2.75) is 13.5 Å². The number of methoxy groups -OCH3 is 1. The highest BCUT2D eigenvalue weighted by atomic mass is 35.5. The van der Waals surface area contributed by atoms with E-state index >= 15 is 0 Å². The first-order valence-corrected chi connectivity index (χ1v) is 7.58. The first-order chi connectivity index (χ1) is 10.9. The van der Waals surface area contributed by atoms with E-state index in [9.17, 15) is 14.7 Å². The van der Waals surface area contributed by atoms with Crippen LogP contribution >= 0.6 is 23.2 Å². The Bertz CT molecular complexity index is 816. The van der Waals surface area contributed by atoms with Gasteiger partial charge in [-0.1, -0.05) is 23.2 Å². The molecule has 0 aliphatic rings. The molecule has 8 heteroatoms. The number of fused-ring (bicyclic) bond motifs is 1. The Balaban J connectivity index is 2.84. The first-order valence-electron chi connectivity index (χ1n) is 6.82. The molecule has 0 aliphatic heterocycles. The minimum absolute atomic E-state index is 0.0766. The number of carbonyl (C=O) groups excluding carboxylic acids is 1. The number of hydrogen-bond acceptors (Lipinski definition) is 5. The van der Waals surface area contributed by atoms with Gasteiger partial charge in [-0.25, -0.2) is 4.79 Å². The Hall–Kier alpha value is -1.76. The fraction of sp³-hybridized carbons (Fsp3) is 0.333. The van der Waals surface area contributed by atoms with Crippen LogP contribution in [0.2, 0.25) is 10.0 Å². The molecular weight excluding hydrogens is 345 g/mol. The molecule has 0 fully saturated rings. The van der Waals surface area contributed by atoms with Crippen LogP contribution in [0.4, 0.5) is 0 Å². The molecule has 0 atom stereocenters. The maximum atomic E-state index is 12.7. The van der Waals surface area contributed by atoms with Gasteiger partial charge in [-0.2, -0.15) is 0 Å². The molecule has 0 saturated carbocycles. The Morgan fingerprint density at radius 2 is 1.87 bits per heavy atom. The summed E-state index contributed by atoms with van der Waals surface area (Å²) in [5.74, 6) is -1.18. The first kappa shape index (κ1) is 17.6. The molecule has 0 spiro atoms. The predicted octanol–water partition coefficient (Wildman–Crippen LogP) is 2.84. The van der Waals surface area contributed by atoms with Gasteiger partial charge in [0.1, 0.15) is 0 Å². The van der Waals surface area contributed by atoms with E-state index in [4.69, 9.17) is 32.7 Å². The normalized spacial score (nSPS) is 11.0. The van der Waals surface area contributed by atoms with Crippen molar-refractivity contribution in [3.63, 3.8) is 0 Å². The van der Waals surface area contributed by atoms with E-state index in [0.29, 0.717) is 0 Å². The summed E-state index contributed by atoms with van der Waals surface area (Å²) in [6.45, 7) is 1.99. The number of aromatic nitrogens is 1. The molecule has 0 radical (unpaired) electrons. The Labute approximate surface area is 142 Å². The van der Waals surface area contributed by atoms with Crippen LogP contribution in [0, 0.1) is 0 Å². The smallest absolute Gasteiger partial charge is 0.358 e. The third-order valence-electron chi connectivity index (χ3n) is 3.27. The van der Waals surface area contributed by atoms with Gasteiger partial charge < -0.3 is 14.6 Å². The molecule has 0 aliphatic carbocycles. The number of esters is 1. The monoisotopic (exact) mass is 359 g/mol. The molecule has 1 heterocycles. The van der Waals surface area contributed by atoms with Gasteiger partial charge in [0.2, 0.25) is 0 Å². The van der Waals surface area contributed by atoms with Crippen LogP contribution in [-0.2, 0) is 16.0 Å². The van der Waals surface area contributed by atoms with Crippen molar-refractivity contribution >= 4 is 39.9 Å². The maximum Gasteiger partial charge on any atom is 0.358 e. The Morgan fingerprint density at radius 1 is 1.26 bits per heavy atom. The van der Waals surface area contributed by atoms with Gasteiger partial charge >= 0.3 is 5.97 Å². The molecule has 0 bridgehead atoms. The number of nitrogens with zero attached hydrogens (tertiary/aromatic N) is 1. The number of carbonyl (C=O) groups is 1. The minimum Gasteiger partial charge on any atom is -0.505 e. The number of pyridine rings is 1. The predicted molar refractivity (Wildman–Crippen MR) is 87.7 cm³/mol. The average Bonchev–Trinajstić information content (AvgIpc) is 2.51. The molecule has 23 heavy (non-hydrogen) atoms. The molecule has 2 rings (SSSR count). The van der Waals surface area contributed by atoms with Gasteiger partial charge in [-0.05, 0) is 19.1 Å². The van der Waals surface area contributed by atoms with Gasteiger partial charge in [0, 0.05) is 12.5 Å². The van der Waals surface area contributed by atoms with Gasteiger partial charge in [0.05, 0.1) is 35.2 Å². The standard InChI is InChI=1S/C15H15Cl2NO5/c1-3-23-15(21)12-13(19)8-6-10(16)11(17)7-9(8)14(20)18(12)4-5-22-2/h6-7,19H,3-5H2,1-2H3. The molecule has 2 aromatic rings. The maximum absolute atomic E-state index is 12.7. The topological polar surface area (TPSA) is 77.8 Å². The van der Waals surface area contributed by atoms with Crippen molar-refractivity contribution in [3.8, 4) is 5.75 Å². The van der Waals surface area contributed by atoms with Crippen molar-refractivity contribution in [1.82, 2.24) is 4.57 Å². The Kier molecular flexibility index (Phi) is 5.51. The third kappa shape index (κ3) is 3.29. The SMILES string of the molecule is CCOC(=O)c1c(O)c2cc(Cl)c(Cl)cc2c(=O)n1CCOC. The van der Waals surface area contributed by atoms with Crippen LogP contribution in [0.1, 0.15) is 17.4 Å². The number of benzene rings is 1. The van der Waals surface area contributed by atoms with Crippen LogP contribution < -0.4 is 5.56 Å². The summed E-state index contributed by atoms with van der Waals surface area (Å²) < 4.78 is 11.0. The summed E-state index contributed by atoms with van der Waals surface area (Å²) in [6, 6.07) is 2.71. The van der Waals surface area contributed by atoms with Crippen molar-refractivity contribution < 1.29 is 19.4 Å². The third-order valence-corrected chi connectivity index (χ3v) is 4.00. The summed E-state index contributed by atoms with van der Waals surface area (Å²) in [5, 5.41) is 11.1. The summed E-state index contributed by atoms with van der Waals surface area (Å²) in [4.78, 5) is 24.8. The summed E-state index contributed by atoms with van der Waals surface area (Å²) in [5.41, 5.74) is -0.726. The van der Waals surface area contributed by atoms with Crippen LogP contribution in [-0.4, -0.2) is 36.0 Å². The molecule has 124 valence electrons. The lowest BCUT2D eigenvalue weighted by Crippen LogP contribution is -2.29. The largest absolute Gasteiger partial charge is 0.505 e. The number of ether oxygens (including phenoxy) is 2. The quantitative estimate of drug-likeness (QED) is 0.830. The number of hydrogen-bond donors (Lipinski definition) is 1. The lowest BCUT2D eigenvalue weighted by Gasteiger charge is -2.15. The van der Waals surface area contributed by atoms with E-state index in [1.807, 2.05) is 0 Å². The summed E-state index contributed by atoms with van der Waals surface area (Å²) >= 11 is 11.9. The second-order valence-corrected chi connectivity index (χ2v) is 5.49. The fourth-order valence-corrected chi connectivity index (χ4v) is 2.55. The Morgan fingerprint density at radius 3 is 2.43 bits per heavy atom. The summed E-state index contributed by atoms with van der Waals surface area (Å²) in [6.07, 6.45) is 0. The van der Waals surface area contributed by atoms with Gasteiger partial charge in [0.15, 0.2) is 11.4 Å². The molecule has 1 aromatic heterocycles. The highest BCUT2D eigenvalue weighted by Gasteiger charge is 2.23. The minimum atomic E-state index is -0.800.